The van der Waals surface area contributed by atoms with Gasteiger partial charge < -0.3 is 20.6 Å². The number of furan rings is 1. The highest BCUT2D eigenvalue weighted by molar-refractivity contribution is 14.0. The number of nitrogens with zero attached hydrogens (tertiary/aromatic N) is 1. The van der Waals surface area contributed by atoms with Crippen LogP contribution in [0.3, 0.4) is 0 Å². The van der Waals surface area contributed by atoms with Crippen LogP contribution in [-0.4, -0.2) is 17.6 Å². The number of aliphatic hydroxyl groups is 1. The Bertz CT molecular complexity index is 577. The lowest BCUT2D eigenvalue weighted by molar-refractivity contribution is 0.158. The minimum Gasteiger partial charge on any atom is -0.467 e. The van der Waals surface area contributed by atoms with Crippen molar-refractivity contribution in [1.29, 1.82) is 0 Å². The van der Waals surface area contributed by atoms with Crippen LogP contribution in [0.4, 0.5) is 5.69 Å². The molecule has 0 saturated carbocycles. The Hall–Kier alpha value is -1.54. The van der Waals surface area contributed by atoms with Crippen LogP contribution in [0, 0.1) is 13.8 Å². The lowest BCUT2D eigenvalue weighted by Gasteiger charge is -2.09. The molecule has 0 spiro atoms. The average molecular weight is 401 g/mol. The topological polar surface area (TPSA) is 83.8 Å². The minimum absolute atomic E-state index is 0. The summed E-state index contributed by atoms with van der Waals surface area (Å²) < 4.78 is 5.10. The maximum absolute atomic E-state index is 9.83. The molecule has 1 atom stereocenters. The van der Waals surface area contributed by atoms with Crippen LogP contribution in [0.5, 0.6) is 0 Å². The number of halogens is 1. The standard InChI is InChI=1S/C15H19N3O2.HI/c1-10-6-11(2)8-12(7-10)18-15(16)17-9-13(19)14-4-3-5-20-14;/h3-8,13,19H,9H2,1-2H3,(H3,16,17,18);1H. The molecule has 0 bridgehead atoms. The second kappa shape index (κ2) is 8.04. The lowest BCUT2D eigenvalue weighted by atomic mass is 10.1. The van der Waals surface area contributed by atoms with Gasteiger partial charge in [-0.05, 0) is 49.2 Å². The summed E-state index contributed by atoms with van der Waals surface area (Å²) >= 11 is 0. The quantitative estimate of drug-likeness (QED) is 0.418. The average Bonchev–Trinajstić information content (AvgIpc) is 2.88. The first-order valence-electron chi connectivity index (χ1n) is 6.41. The number of aliphatic imine (C=N–C) groups is 1. The summed E-state index contributed by atoms with van der Waals surface area (Å²) in [6.45, 7) is 4.19. The highest BCUT2D eigenvalue weighted by Crippen LogP contribution is 2.15. The number of anilines is 1. The van der Waals surface area contributed by atoms with Crippen LogP contribution in [0.2, 0.25) is 0 Å². The molecule has 0 fully saturated rings. The zero-order chi connectivity index (χ0) is 14.5. The molecule has 0 radical (unpaired) electrons. The number of hydrogen-bond acceptors (Lipinski definition) is 3. The molecule has 1 aromatic heterocycles. The minimum atomic E-state index is -0.787. The van der Waals surface area contributed by atoms with Crippen molar-refractivity contribution in [3.63, 3.8) is 0 Å². The second-order valence-corrected chi connectivity index (χ2v) is 4.76. The van der Waals surface area contributed by atoms with E-state index in [1.165, 1.54) is 6.26 Å². The van der Waals surface area contributed by atoms with Gasteiger partial charge in [-0.2, -0.15) is 0 Å². The van der Waals surface area contributed by atoms with Crippen molar-refractivity contribution in [3.8, 4) is 0 Å². The molecule has 2 aromatic rings. The Balaban J connectivity index is 0.00000220. The number of hydrogen-bond donors (Lipinski definition) is 3. The van der Waals surface area contributed by atoms with E-state index >= 15 is 0 Å². The van der Waals surface area contributed by atoms with E-state index in [0.717, 1.165) is 16.8 Å². The van der Waals surface area contributed by atoms with Crippen molar-refractivity contribution in [2.75, 3.05) is 11.9 Å². The normalized spacial score (nSPS) is 12.6. The van der Waals surface area contributed by atoms with Gasteiger partial charge in [-0.15, -0.1) is 24.0 Å². The SMILES string of the molecule is Cc1cc(C)cc(NC(N)=NCC(O)c2ccco2)c1.I. The van der Waals surface area contributed by atoms with Gasteiger partial charge in [0.2, 0.25) is 0 Å². The molecule has 4 N–H and O–H groups in total. The summed E-state index contributed by atoms with van der Waals surface area (Å²) in [6, 6.07) is 9.48. The van der Waals surface area contributed by atoms with Gasteiger partial charge in [0.25, 0.3) is 0 Å². The molecule has 5 nitrogen and oxygen atoms in total. The smallest absolute Gasteiger partial charge is 0.193 e. The van der Waals surface area contributed by atoms with Crippen LogP contribution < -0.4 is 11.1 Å². The molecule has 114 valence electrons. The van der Waals surface area contributed by atoms with E-state index in [-0.39, 0.29) is 36.5 Å². The van der Waals surface area contributed by atoms with E-state index in [1.54, 1.807) is 12.1 Å². The molecule has 6 heteroatoms. The van der Waals surface area contributed by atoms with Crippen molar-refractivity contribution in [2.24, 2.45) is 10.7 Å². The molecule has 0 aliphatic heterocycles. The lowest BCUT2D eigenvalue weighted by Crippen LogP contribution is -2.23. The van der Waals surface area contributed by atoms with Gasteiger partial charge in [0.05, 0.1) is 12.8 Å². The maximum Gasteiger partial charge on any atom is 0.193 e. The number of aryl methyl sites for hydroxylation is 2. The van der Waals surface area contributed by atoms with Crippen LogP contribution >= 0.6 is 24.0 Å². The van der Waals surface area contributed by atoms with Gasteiger partial charge in [-0.3, -0.25) is 0 Å². The summed E-state index contributed by atoms with van der Waals surface area (Å²) in [7, 11) is 0. The number of nitrogens with one attached hydrogen (secondary N) is 1. The van der Waals surface area contributed by atoms with Crippen molar-refractivity contribution in [3.05, 3.63) is 53.5 Å². The molecular formula is C15H20IN3O2. The Kier molecular flexibility index (Phi) is 6.70. The molecule has 0 saturated heterocycles. The van der Waals surface area contributed by atoms with Crippen LogP contribution in [0.15, 0.2) is 46.0 Å². The second-order valence-electron chi connectivity index (χ2n) is 4.76. The molecule has 0 aliphatic rings. The van der Waals surface area contributed by atoms with Crippen molar-refractivity contribution in [1.82, 2.24) is 0 Å². The molecule has 1 heterocycles. The fourth-order valence-electron chi connectivity index (χ4n) is 1.99. The predicted octanol–water partition coefficient (Wildman–Crippen LogP) is 2.97. The summed E-state index contributed by atoms with van der Waals surface area (Å²) in [4.78, 5) is 4.11. The largest absolute Gasteiger partial charge is 0.467 e. The van der Waals surface area contributed by atoms with E-state index < -0.39 is 6.10 Å². The molecular weight excluding hydrogens is 381 g/mol. The first-order chi connectivity index (χ1) is 9.54. The van der Waals surface area contributed by atoms with Gasteiger partial charge in [0.15, 0.2) is 5.96 Å². The Morgan fingerprint density at radius 3 is 2.57 bits per heavy atom. The van der Waals surface area contributed by atoms with Gasteiger partial charge in [0, 0.05) is 5.69 Å². The zero-order valence-electron chi connectivity index (χ0n) is 12.0. The van der Waals surface area contributed by atoms with E-state index in [1.807, 2.05) is 26.0 Å². The molecule has 0 amide bonds. The first-order valence-corrected chi connectivity index (χ1v) is 6.41. The Morgan fingerprint density at radius 1 is 1.33 bits per heavy atom. The third-order valence-electron chi connectivity index (χ3n) is 2.80. The number of benzene rings is 1. The van der Waals surface area contributed by atoms with Crippen molar-refractivity contribution in [2.45, 2.75) is 20.0 Å². The van der Waals surface area contributed by atoms with E-state index in [9.17, 15) is 5.11 Å². The predicted molar refractivity (Wildman–Crippen MR) is 95.1 cm³/mol. The third kappa shape index (κ3) is 5.39. The number of guanidine groups is 1. The Morgan fingerprint density at radius 2 is 2.00 bits per heavy atom. The van der Waals surface area contributed by atoms with E-state index in [2.05, 4.69) is 16.4 Å². The van der Waals surface area contributed by atoms with Gasteiger partial charge in [0.1, 0.15) is 11.9 Å². The number of aliphatic hydroxyl groups excluding tert-OH is 1. The van der Waals surface area contributed by atoms with Crippen molar-refractivity contribution < 1.29 is 9.52 Å². The summed E-state index contributed by atoms with van der Waals surface area (Å²) in [5.74, 6) is 0.744. The van der Waals surface area contributed by atoms with Crippen LogP contribution in [-0.2, 0) is 0 Å². The van der Waals surface area contributed by atoms with Crippen LogP contribution in [0.25, 0.3) is 0 Å². The maximum atomic E-state index is 9.83. The fourth-order valence-corrected chi connectivity index (χ4v) is 1.99. The summed E-state index contributed by atoms with van der Waals surface area (Å²) in [5, 5.41) is 12.8. The molecule has 0 aliphatic carbocycles. The third-order valence-corrected chi connectivity index (χ3v) is 2.80. The van der Waals surface area contributed by atoms with Crippen molar-refractivity contribution >= 4 is 35.6 Å². The molecule has 1 unspecified atom stereocenters. The highest BCUT2D eigenvalue weighted by Gasteiger charge is 2.09. The van der Waals surface area contributed by atoms with E-state index in [4.69, 9.17) is 10.2 Å². The van der Waals surface area contributed by atoms with Gasteiger partial charge in [-0.1, -0.05) is 6.07 Å². The fraction of sp³-hybridized carbons (Fsp3) is 0.267. The number of nitrogens with two attached hydrogens (primary N) is 1. The molecule has 2 rings (SSSR count). The number of rotatable bonds is 4. The zero-order valence-corrected chi connectivity index (χ0v) is 14.4. The van der Waals surface area contributed by atoms with Gasteiger partial charge >= 0.3 is 0 Å². The monoisotopic (exact) mass is 401 g/mol. The molecule has 21 heavy (non-hydrogen) atoms. The highest BCUT2D eigenvalue weighted by atomic mass is 127. The first kappa shape index (κ1) is 17.5. The van der Waals surface area contributed by atoms with Gasteiger partial charge in [-0.25, -0.2) is 4.99 Å². The van der Waals surface area contributed by atoms with Crippen LogP contribution in [0.1, 0.15) is 23.0 Å². The van der Waals surface area contributed by atoms with E-state index in [0.29, 0.717) is 5.76 Å². The summed E-state index contributed by atoms with van der Waals surface area (Å²) in [6.07, 6.45) is 0.726. The summed E-state index contributed by atoms with van der Waals surface area (Å²) in [5.41, 5.74) is 8.99. The Labute approximate surface area is 141 Å². The molecule has 1 aromatic carbocycles.